The fourth-order valence-corrected chi connectivity index (χ4v) is 2.94. The second-order valence-electron chi connectivity index (χ2n) is 6.01. The Labute approximate surface area is 152 Å². The first-order chi connectivity index (χ1) is 12.4. The van der Waals surface area contributed by atoms with Crippen LogP contribution in [0.5, 0.6) is 17.2 Å². The first kappa shape index (κ1) is 19.8. The number of hydrogen-bond acceptors (Lipinski definition) is 7. The molecule has 26 heavy (non-hydrogen) atoms. The van der Waals surface area contributed by atoms with E-state index in [0.717, 1.165) is 0 Å². The third kappa shape index (κ3) is 4.37. The number of ether oxygens (including phenoxy) is 5. The Morgan fingerprint density at radius 3 is 2.19 bits per heavy atom. The summed E-state index contributed by atoms with van der Waals surface area (Å²) in [5, 5.41) is 0. The minimum atomic E-state index is -0.675. The molecule has 1 aliphatic rings. The first-order valence-corrected chi connectivity index (χ1v) is 8.30. The molecule has 0 saturated carbocycles. The molecule has 144 valence electrons. The molecule has 1 aromatic rings. The highest BCUT2D eigenvalue weighted by Crippen LogP contribution is 2.39. The predicted molar refractivity (Wildman–Crippen MR) is 93.0 cm³/mol. The lowest BCUT2D eigenvalue weighted by Gasteiger charge is -2.35. The average molecular weight is 367 g/mol. The second-order valence-corrected chi connectivity index (χ2v) is 6.01. The summed E-state index contributed by atoms with van der Waals surface area (Å²) in [5.74, 6) is -0.0388. The van der Waals surface area contributed by atoms with Gasteiger partial charge < -0.3 is 28.6 Å². The van der Waals surface area contributed by atoms with Crippen molar-refractivity contribution in [3.63, 3.8) is 0 Å². The van der Waals surface area contributed by atoms with E-state index in [4.69, 9.17) is 23.7 Å². The Hall–Kier alpha value is -2.48. The molecule has 0 radical (unpaired) electrons. The molecule has 0 bridgehead atoms. The maximum atomic E-state index is 12.4. The first-order valence-electron chi connectivity index (χ1n) is 8.30. The molecule has 0 N–H and O–H groups in total. The lowest BCUT2D eigenvalue weighted by atomic mass is 10.1. The fourth-order valence-electron chi connectivity index (χ4n) is 2.94. The van der Waals surface area contributed by atoms with Crippen LogP contribution in [0.4, 0.5) is 0 Å². The summed E-state index contributed by atoms with van der Waals surface area (Å²) in [5.41, 5.74) is 0.154. The number of carbonyl (C=O) groups is 2. The van der Waals surface area contributed by atoms with E-state index >= 15 is 0 Å². The van der Waals surface area contributed by atoms with Crippen molar-refractivity contribution in [2.24, 2.45) is 0 Å². The zero-order valence-electron chi connectivity index (χ0n) is 15.7. The summed E-state index contributed by atoms with van der Waals surface area (Å²) < 4.78 is 26.5. The maximum absolute atomic E-state index is 12.4. The van der Waals surface area contributed by atoms with Crippen LogP contribution < -0.4 is 14.2 Å². The highest BCUT2D eigenvalue weighted by molar-refractivity contribution is 5.95. The van der Waals surface area contributed by atoms with Crippen molar-refractivity contribution in [2.75, 3.05) is 41.0 Å². The Morgan fingerprint density at radius 1 is 1.04 bits per heavy atom. The minimum absolute atomic E-state index is 0.0515. The summed E-state index contributed by atoms with van der Waals surface area (Å²) in [4.78, 5) is 26.4. The normalized spacial score (nSPS) is 19.7. The van der Waals surface area contributed by atoms with E-state index in [1.54, 1.807) is 11.0 Å². The second kappa shape index (κ2) is 8.75. The van der Waals surface area contributed by atoms with Crippen LogP contribution >= 0.6 is 0 Å². The number of carbonyl (C=O) groups excluding carboxylic acids is 2. The van der Waals surface area contributed by atoms with Crippen LogP contribution in [0.1, 0.15) is 24.2 Å². The van der Waals surface area contributed by atoms with Crippen molar-refractivity contribution >= 4 is 11.9 Å². The molecular formula is C18H25NO7. The van der Waals surface area contributed by atoms with Gasteiger partial charge >= 0.3 is 5.97 Å². The minimum Gasteiger partial charge on any atom is -0.493 e. The monoisotopic (exact) mass is 367 g/mol. The molecule has 2 atom stereocenters. The molecule has 0 spiro atoms. The number of hydrogen-bond donors (Lipinski definition) is 0. The fraction of sp³-hybridized carbons (Fsp3) is 0.556. The van der Waals surface area contributed by atoms with Crippen molar-refractivity contribution in [1.82, 2.24) is 4.90 Å². The van der Waals surface area contributed by atoms with Gasteiger partial charge in [0.25, 0.3) is 5.91 Å². The number of methoxy groups -OCH3 is 3. The van der Waals surface area contributed by atoms with Crippen molar-refractivity contribution in [3.05, 3.63) is 17.7 Å². The smallest absolute Gasteiger partial charge is 0.342 e. The molecule has 8 nitrogen and oxygen atoms in total. The van der Waals surface area contributed by atoms with Gasteiger partial charge in [0, 0.05) is 13.1 Å². The topological polar surface area (TPSA) is 83.5 Å². The Balaban J connectivity index is 2.07. The van der Waals surface area contributed by atoms with Gasteiger partial charge in [-0.2, -0.15) is 0 Å². The quantitative estimate of drug-likeness (QED) is 0.705. The molecule has 1 amide bonds. The lowest BCUT2D eigenvalue weighted by Crippen LogP contribution is -2.49. The van der Waals surface area contributed by atoms with Gasteiger partial charge in [-0.15, -0.1) is 0 Å². The van der Waals surface area contributed by atoms with Crippen LogP contribution in [-0.4, -0.2) is 70.0 Å². The van der Waals surface area contributed by atoms with Gasteiger partial charge in [-0.25, -0.2) is 4.79 Å². The van der Waals surface area contributed by atoms with E-state index in [1.807, 2.05) is 13.8 Å². The van der Waals surface area contributed by atoms with E-state index < -0.39 is 5.97 Å². The highest BCUT2D eigenvalue weighted by Gasteiger charge is 2.27. The van der Waals surface area contributed by atoms with Crippen LogP contribution in [0.15, 0.2) is 12.1 Å². The molecule has 1 heterocycles. The molecule has 0 unspecified atom stereocenters. The molecule has 1 aromatic carbocycles. The molecular weight excluding hydrogens is 342 g/mol. The zero-order valence-corrected chi connectivity index (χ0v) is 15.7. The van der Waals surface area contributed by atoms with Crippen LogP contribution in [0.2, 0.25) is 0 Å². The van der Waals surface area contributed by atoms with Crippen LogP contribution in [0.25, 0.3) is 0 Å². The summed E-state index contributed by atoms with van der Waals surface area (Å²) in [6.45, 7) is 4.39. The summed E-state index contributed by atoms with van der Waals surface area (Å²) in [6.07, 6.45) is -0.103. The number of amides is 1. The van der Waals surface area contributed by atoms with Gasteiger partial charge in [-0.1, -0.05) is 0 Å². The van der Waals surface area contributed by atoms with Gasteiger partial charge in [0.05, 0.1) is 33.5 Å². The third-order valence-corrected chi connectivity index (χ3v) is 4.02. The van der Waals surface area contributed by atoms with Gasteiger partial charge in [-0.3, -0.25) is 4.79 Å². The van der Waals surface area contributed by atoms with Crippen LogP contribution in [0.3, 0.4) is 0 Å². The van der Waals surface area contributed by atoms with Crippen LogP contribution in [-0.2, 0) is 14.3 Å². The summed E-state index contributed by atoms with van der Waals surface area (Å²) in [7, 11) is 4.34. The van der Waals surface area contributed by atoms with Crippen molar-refractivity contribution < 1.29 is 33.3 Å². The number of morpholine rings is 1. The number of rotatable bonds is 6. The molecule has 1 saturated heterocycles. The molecule has 0 aromatic heterocycles. The number of nitrogens with zero attached hydrogens (tertiary/aromatic N) is 1. The summed E-state index contributed by atoms with van der Waals surface area (Å²) >= 11 is 0. The van der Waals surface area contributed by atoms with Gasteiger partial charge in [-0.05, 0) is 26.0 Å². The van der Waals surface area contributed by atoms with E-state index in [1.165, 1.54) is 27.4 Å². The molecule has 0 aliphatic carbocycles. The third-order valence-electron chi connectivity index (χ3n) is 4.02. The van der Waals surface area contributed by atoms with Crippen molar-refractivity contribution in [1.29, 1.82) is 0 Å². The van der Waals surface area contributed by atoms with E-state index in [0.29, 0.717) is 18.8 Å². The van der Waals surface area contributed by atoms with E-state index in [-0.39, 0.29) is 41.8 Å². The van der Waals surface area contributed by atoms with Gasteiger partial charge in [0.1, 0.15) is 5.56 Å². The molecule has 1 aliphatic heterocycles. The van der Waals surface area contributed by atoms with E-state index in [9.17, 15) is 9.59 Å². The maximum Gasteiger partial charge on any atom is 0.342 e. The molecule has 1 fully saturated rings. The number of benzene rings is 1. The Kier molecular flexibility index (Phi) is 6.68. The highest BCUT2D eigenvalue weighted by atomic mass is 16.5. The largest absolute Gasteiger partial charge is 0.493 e. The van der Waals surface area contributed by atoms with Gasteiger partial charge in [0.15, 0.2) is 18.1 Å². The SMILES string of the molecule is COc1ccc(C(=O)OCC(=O)N2C[C@H](C)O[C@@H](C)C2)c(OC)c1OC. The standard InChI is InChI=1S/C18H25NO7/c1-11-8-19(9-12(2)26-11)15(20)10-25-18(21)13-6-7-14(22-3)17(24-5)16(13)23-4/h6-7,11-12H,8-10H2,1-5H3/t11-,12-/m0/s1. The summed E-state index contributed by atoms with van der Waals surface area (Å²) in [6, 6.07) is 3.08. The average Bonchev–Trinajstić information content (AvgIpc) is 2.63. The lowest BCUT2D eigenvalue weighted by molar-refractivity contribution is -0.146. The van der Waals surface area contributed by atoms with Crippen molar-refractivity contribution in [3.8, 4) is 17.2 Å². The zero-order chi connectivity index (χ0) is 19.3. The Bertz CT molecular complexity index is 651. The Morgan fingerprint density at radius 2 is 1.65 bits per heavy atom. The number of esters is 1. The van der Waals surface area contributed by atoms with Crippen LogP contribution in [0, 0.1) is 0 Å². The van der Waals surface area contributed by atoms with Crippen molar-refractivity contribution in [2.45, 2.75) is 26.1 Å². The predicted octanol–water partition coefficient (Wildman–Crippen LogP) is 1.51. The van der Waals surface area contributed by atoms with Gasteiger partial charge in [0.2, 0.25) is 5.75 Å². The molecule has 8 heteroatoms. The van der Waals surface area contributed by atoms with E-state index in [2.05, 4.69) is 0 Å². The molecule has 2 rings (SSSR count).